The molecule has 2 saturated heterocycles. The number of likely N-dealkylation sites (tertiary alicyclic amines) is 2. The molecule has 0 aliphatic carbocycles. The van der Waals surface area contributed by atoms with Gasteiger partial charge in [0.15, 0.2) is 0 Å². The minimum atomic E-state index is -0.286. The van der Waals surface area contributed by atoms with Crippen molar-refractivity contribution in [2.75, 3.05) is 32.8 Å². The van der Waals surface area contributed by atoms with E-state index in [-0.39, 0.29) is 17.2 Å². The Morgan fingerprint density at radius 3 is 2.24 bits per heavy atom. The minimum Gasteiger partial charge on any atom is -0.493 e. The largest absolute Gasteiger partial charge is 0.493 e. The van der Waals surface area contributed by atoms with Gasteiger partial charge >= 0.3 is 0 Å². The Bertz CT molecular complexity index is 1010. The van der Waals surface area contributed by atoms with Crippen LogP contribution in [0.1, 0.15) is 60.0 Å². The Morgan fingerprint density at radius 2 is 1.59 bits per heavy atom. The van der Waals surface area contributed by atoms with Crippen LogP contribution in [0.4, 0.5) is 0 Å². The minimum absolute atomic E-state index is 0.0604. The molecular weight excluding hydrogens is 448 g/mol. The Hall–Kier alpha value is -2.53. The number of hydrogen-bond donors (Lipinski definition) is 0. The maximum atomic E-state index is 13.2. The van der Waals surface area contributed by atoms with Crippen molar-refractivity contribution in [2.45, 2.75) is 52.4 Å². The van der Waals surface area contributed by atoms with E-state index in [9.17, 15) is 9.59 Å². The van der Waals surface area contributed by atoms with Crippen LogP contribution in [0.5, 0.6) is 5.75 Å². The topological polar surface area (TPSA) is 49.9 Å². The van der Waals surface area contributed by atoms with Crippen LogP contribution in [0.2, 0.25) is 5.02 Å². The van der Waals surface area contributed by atoms with Gasteiger partial charge in [0.05, 0.1) is 6.61 Å². The van der Waals surface area contributed by atoms with Gasteiger partial charge in [0.2, 0.25) is 5.91 Å². The molecule has 0 saturated carbocycles. The molecule has 0 spiro atoms. The SMILES string of the molecule is Cc1ccc(C(=O)N2CCC(COc3ccc(Cl)c(C)c3)(CC(=O)N3CCCCC3)CC2)cc1. The quantitative estimate of drug-likeness (QED) is 0.533. The van der Waals surface area contributed by atoms with E-state index in [0.29, 0.717) is 31.1 Å². The number of benzene rings is 2. The van der Waals surface area contributed by atoms with Crippen molar-refractivity contribution in [3.8, 4) is 5.75 Å². The first-order valence-electron chi connectivity index (χ1n) is 12.4. The van der Waals surface area contributed by atoms with Crippen molar-refractivity contribution in [1.29, 1.82) is 0 Å². The van der Waals surface area contributed by atoms with Crippen LogP contribution in [-0.4, -0.2) is 54.4 Å². The molecule has 5 nitrogen and oxygen atoms in total. The Labute approximate surface area is 208 Å². The van der Waals surface area contributed by atoms with Crippen molar-refractivity contribution in [3.63, 3.8) is 0 Å². The van der Waals surface area contributed by atoms with Crippen molar-refractivity contribution in [1.82, 2.24) is 9.80 Å². The first-order valence-corrected chi connectivity index (χ1v) is 12.8. The van der Waals surface area contributed by atoms with E-state index in [1.165, 1.54) is 6.42 Å². The predicted octanol–water partition coefficient (Wildman–Crippen LogP) is 5.66. The molecule has 0 unspecified atom stereocenters. The van der Waals surface area contributed by atoms with Crippen molar-refractivity contribution in [2.24, 2.45) is 5.41 Å². The van der Waals surface area contributed by atoms with Gasteiger partial charge in [-0.05, 0) is 81.8 Å². The third-order valence-electron chi connectivity index (χ3n) is 7.32. The Morgan fingerprint density at radius 1 is 0.912 bits per heavy atom. The summed E-state index contributed by atoms with van der Waals surface area (Å²) in [4.78, 5) is 30.2. The fourth-order valence-corrected chi connectivity index (χ4v) is 5.07. The van der Waals surface area contributed by atoms with E-state index < -0.39 is 0 Å². The second-order valence-corrected chi connectivity index (χ2v) is 10.4. The molecule has 4 rings (SSSR count). The number of rotatable bonds is 6. The lowest BCUT2D eigenvalue weighted by atomic mass is 9.75. The van der Waals surface area contributed by atoms with Gasteiger partial charge in [-0.1, -0.05) is 29.3 Å². The molecule has 6 heteroatoms. The average molecular weight is 483 g/mol. The zero-order valence-corrected chi connectivity index (χ0v) is 21.1. The first kappa shape index (κ1) is 24.6. The van der Waals surface area contributed by atoms with E-state index in [2.05, 4.69) is 0 Å². The highest BCUT2D eigenvalue weighted by Gasteiger charge is 2.40. The zero-order chi connectivity index (χ0) is 24.1. The van der Waals surface area contributed by atoms with Crippen molar-refractivity contribution in [3.05, 3.63) is 64.2 Å². The number of amides is 2. The molecule has 2 amide bonds. The lowest BCUT2D eigenvalue weighted by molar-refractivity contribution is -0.136. The number of aryl methyl sites for hydroxylation is 2. The number of hydrogen-bond acceptors (Lipinski definition) is 3. The maximum absolute atomic E-state index is 13.2. The number of nitrogens with zero attached hydrogens (tertiary/aromatic N) is 2. The summed E-state index contributed by atoms with van der Waals surface area (Å²) in [6.07, 6.45) is 5.32. The van der Waals surface area contributed by atoms with Gasteiger partial charge in [-0.15, -0.1) is 0 Å². The molecule has 0 atom stereocenters. The van der Waals surface area contributed by atoms with E-state index in [4.69, 9.17) is 16.3 Å². The molecule has 2 heterocycles. The van der Waals surface area contributed by atoms with E-state index in [1.54, 1.807) is 0 Å². The molecule has 0 radical (unpaired) electrons. The van der Waals surface area contributed by atoms with Crippen LogP contribution in [-0.2, 0) is 4.79 Å². The molecule has 34 heavy (non-hydrogen) atoms. The summed E-state index contributed by atoms with van der Waals surface area (Å²) in [5.74, 6) is 1.05. The van der Waals surface area contributed by atoms with Crippen molar-refractivity contribution >= 4 is 23.4 Å². The number of ether oxygens (including phenoxy) is 1. The third kappa shape index (κ3) is 5.93. The molecule has 2 aliphatic heterocycles. The number of piperidine rings is 2. The normalized spacial score (nSPS) is 18.0. The number of halogens is 1. The summed E-state index contributed by atoms with van der Waals surface area (Å²) in [5.41, 5.74) is 2.54. The standard InChI is InChI=1S/C28H35ClN2O3/c1-21-6-8-23(9-7-21)27(33)31-16-12-28(13-17-31,19-26(32)30-14-4-3-5-15-30)20-34-24-10-11-25(29)22(2)18-24/h6-11,18H,3-5,12-17,19-20H2,1-2H3. The summed E-state index contributed by atoms with van der Waals surface area (Å²) in [6.45, 7) is 7.39. The molecule has 182 valence electrons. The molecule has 2 aromatic carbocycles. The highest BCUT2D eigenvalue weighted by molar-refractivity contribution is 6.31. The van der Waals surface area contributed by atoms with Gasteiger partial charge in [0.1, 0.15) is 5.75 Å². The molecule has 2 fully saturated rings. The maximum Gasteiger partial charge on any atom is 0.253 e. The summed E-state index contributed by atoms with van der Waals surface area (Å²) in [7, 11) is 0. The molecular formula is C28H35ClN2O3. The van der Waals surface area contributed by atoms with Crippen molar-refractivity contribution < 1.29 is 14.3 Å². The molecule has 0 bridgehead atoms. The molecule has 2 aliphatic rings. The zero-order valence-electron chi connectivity index (χ0n) is 20.3. The van der Waals surface area contributed by atoms with Gasteiger partial charge < -0.3 is 14.5 Å². The predicted molar refractivity (Wildman–Crippen MR) is 135 cm³/mol. The second kappa shape index (κ2) is 10.8. The second-order valence-electron chi connectivity index (χ2n) is 9.98. The summed E-state index contributed by atoms with van der Waals surface area (Å²) in [5, 5.41) is 0.713. The first-order chi connectivity index (χ1) is 16.3. The lowest BCUT2D eigenvalue weighted by Gasteiger charge is -2.42. The number of carbonyl (C=O) groups is 2. The highest BCUT2D eigenvalue weighted by Crippen LogP contribution is 2.37. The molecule has 0 N–H and O–H groups in total. The van der Waals surface area contributed by atoms with Crippen LogP contribution >= 0.6 is 11.6 Å². The van der Waals surface area contributed by atoms with Gasteiger partial charge in [-0.25, -0.2) is 0 Å². The molecule has 2 aromatic rings. The summed E-state index contributed by atoms with van der Waals surface area (Å²) < 4.78 is 6.23. The van der Waals surface area contributed by atoms with Gasteiger partial charge in [-0.3, -0.25) is 9.59 Å². The highest BCUT2D eigenvalue weighted by atomic mass is 35.5. The number of carbonyl (C=O) groups excluding carboxylic acids is 2. The molecule has 0 aromatic heterocycles. The van der Waals surface area contributed by atoms with Crippen LogP contribution in [0.25, 0.3) is 0 Å². The van der Waals surface area contributed by atoms with Gasteiger partial charge in [0, 0.05) is 48.6 Å². The van der Waals surface area contributed by atoms with E-state index in [1.807, 2.05) is 66.1 Å². The monoisotopic (exact) mass is 482 g/mol. The van der Waals surface area contributed by atoms with Crippen LogP contribution in [0.15, 0.2) is 42.5 Å². The third-order valence-corrected chi connectivity index (χ3v) is 7.74. The summed E-state index contributed by atoms with van der Waals surface area (Å²) >= 11 is 6.17. The van der Waals surface area contributed by atoms with Crippen LogP contribution in [0.3, 0.4) is 0 Å². The fraction of sp³-hybridized carbons (Fsp3) is 0.500. The summed E-state index contributed by atoms with van der Waals surface area (Å²) in [6, 6.07) is 13.4. The van der Waals surface area contributed by atoms with Crippen LogP contribution < -0.4 is 4.74 Å². The fourth-order valence-electron chi connectivity index (χ4n) is 4.95. The van der Waals surface area contributed by atoms with E-state index in [0.717, 1.165) is 61.2 Å². The van der Waals surface area contributed by atoms with Gasteiger partial charge in [0.25, 0.3) is 5.91 Å². The lowest BCUT2D eigenvalue weighted by Crippen LogP contribution is -2.48. The average Bonchev–Trinajstić information content (AvgIpc) is 2.86. The Balaban J connectivity index is 1.46. The Kier molecular flexibility index (Phi) is 7.82. The van der Waals surface area contributed by atoms with Gasteiger partial charge in [-0.2, -0.15) is 0 Å². The smallest absolute Gasteiger partial charge is 0.253 e. The van der Waals surface area contributed by atoms with Crippen LogP contribution in [0, 0.1) is 19.3 Å². The van der Waals surface area contributed by atoms with E-state index >= 15 is 0 Å².